The van der Waals surface area contributed by atoms with Gasteiger partial charge in [-0.05, 0) is 91.2 Å². The molecule has 2 unspecified atom stereocenters. The number of carbonyl (C=O) groups is 1. The van der Waals surface area contributed by atoms with Crippen molar-refractivity contribution < 1.29 is 9.90 Å². The van der Waals surface area contributed by atoms with Crippen molar-refractivity contribution in [3.8, 4) is 11.8 Å². The summed E-state index contributed by atoms with van der Waals surface area (Å²) in [6.45, 7) is 5.02. The minimum atomic E-state index is -0.920. The molecule has 1 N–H and O–H groups in total. The second kappa shape index (κ2) is 6.49. The van der Waals surface area contributed by atoms with E-state index in [1.807, 2.05) is 6.07 Å². The Morgan fingerprint density at radius 1 is 0.931 bits per heavy atom. The van der Waals surface area contributed by atoms with Gasteiger partial charge in [-0.3, -0.25) is 0 Å². The molecule has 0 heterocycles. The topological polar surface area (TPSA) is 37.3 Å². The maximum atomic E-state index is 11.1. The van der Waals surface area contributed by atoms with Crippen molar-refractivity contribution in [3.63, 3.8) is 0 Å². The molecule has 4 bridgehead atoms. The average Bonchev–Trinajstić information content (AvgIpc) is 2.71. The lowest BCUT2D eigenvalue weighted by molar-refractivity contribution is -0.113. The molecule has 0 aliphatic heterocycles. The zero-order valence-corrected chi connectivity index (χ0v) is 17.2. The highest BCUT2D eigenvalue weighted by molar-refractivity contribution is 5.88. The summed E-state index contributed by atoms with van der Waals surface area (Å²) in [7, 11) is 0. The van der Waals surface area contributed by atoms with Crippen LogP contribution < -0.4 is 0 Å². The fourth-order valence-corrected chi connectivity index (χ4v) is 6.83. The van der Waals surface area contributed by atoms with Crippen molar-refractivity contribution in [2.24, 2.45) is 23.2 Å². The van der Waals surface area contributed by atoms with Gasteiger partial charge in [-0.25, -0.2) is 4.79 Å². The molecule has 0 spiro atoms. The molecule has 2 nitrogen and oxygen atoms in total. The monoisotopic (exact) mass is 384 g/mol. The van der Waals surface area contributed by atoms with Crippen molar-refractivity contribution in [3.05, 3.63) is 70.8 Å². The molecule has 2 heteroatoms. The summed E-state index contributed by atoms with van der Waals surface area (Å²) in [5.74, 6) is 8.11. The highest BCUT2D eigenvalue weighted by atomic mass is 16.4. The summed E-state index contributed by atoms with van der Waals surface area (Å²) in [4.78, 5) is 11.1. The number of rotatable bonds is 2. The van der Waals surface area contributed by atoms with Crippen LogP contribution in [0.4, 0.5) is 0 Å². The minimum Gasteiger partial charge on any atom is -0.478 e. The number of hydrogen-bond acceptors (Lipinski definition) is 1. The van der Waals surface area contributed by atoms with Crippen molar-refractivity contribution >= 4 is 5.97 Å². The molecule has 0 amide bonds. The molecule has 2 aromatic carbocycles. The summed E-state index contributed by atoms with van der Waals surface area (Å²) in [5.41, 5.74) is 4.18. The Morgan fingerprint density at radius 2 is 1.59 bits per heavy atom. The van der Waals surface area contributed by atoms with Crippen LogP contribution in [0.25, 0.3) is 0 Å². The van der Waals surface area contributed by atoms with Crippen LogP contribution in [0.15, 0.2) is 48.5 Å². The number of aromatic carboxylic acids is 1. The van der Waals surface area contributed by atoms with Crippen LogP contribution in [0, 0.1) is 35.0 Å². The standard InChI is InChI=1S/C27H28O2/c1-26(2)24-14-20-12-21(15-24)17-27(26,16-20)23-10-8-18(9-11-23)6-7-19-4-3-5-22(13-19)25(28)29/h3-5,8-11,13,20-21,24H,12,14-17H2,1-2H3,(H,28,29). The lowest BCUT2D eigenvalue weighted by Gasteiger charge is -2.66. The van der Waals surface area contributed by atoms with Gasteiger partial charge in [-0.1, -0.05) is 43.9 Å². The number of benzene rings is 2. The lowest BCUT2D eigenvalue weighted by Crippen LogP contribution is -2.59. The fourth-order valence-electron chi connectivity index (χ4n) is 6.83. The van der Waals surface area contributed by atoms with Gasteiger partial charge in [0.15, 0.2) is 0 Å². The van der Waals surface area contributed by atoms with E-state index in [4.69, 9.17) is 5.11 Å². The van der Waals surface area contributed by atoms with E-state index in [0.717, 1.165) is 28.9 Å². The van der Waals surface area contributed by atoms with Gasteiger partial charge < -0.3 is 5.11 Å². The molecule has 6 rings (SSSR count). The van der Waals surface area contributed by atoms with E-state index in [-0.39, 0.29) is 5.56 Å². The summed E-state index contributed by atoms with van der Waals surface area (Å²) in [6.07, 6.45) is 7.02. The van der Waals surface area contributed by atoms with Gasteiger partial charge in [0.25, 0.3) is 0 Å². The molecule has 148 valence electrons. The molecule has 2 atom stereocenters. The first-order valence-corrected chi connectivity index (χ1v) is 10.8. The van der Waals surface area contributed by atoms with Crippen LogP contribution in [-0.4, -0.2) is 11.1 Å². The molecule has 0 saturated heterocycles. The first-order valence-electron chi connectivity index (χ1n) is 10.8. The third kappa shape index (κ3) is 2.91. The second-order valence-corrected chi connectivity index (χ2v) is 10.1. The predicted molar refractivity (Wildman–Crippen MR) is 115 cm³/mol. The normalized spacial score (nSPS) is 31.2. The van der Waals surface area contributed by atoms with E-state index in [1.165, 1.54) is 37.7 Å². The van der Waals surface area contributed by atoms with Gasteiger partial charge in [-0.15, -0.1) is 0 Å². The predicted octanol–water partition coefficient (Wildman–Crippen LogP) is 5.89. The summed E-state index contributed by atoms with van der Waals surface area (Å²) in [6, 6.07) is 15.7. The van der Waals surface area contributed by atoms with E-state index >= 15 is 0 Å². The van der Waals surface area contributed by atoms with E-state index in [1.54, 1.807) is 18.2 Å². The highest BCUT2D eigenvalue weighted by Gasteiger charge is 2.61. The molecule has 0 radical (unpaired) electrons. The molecule has 4 aliphatic rings. The quantitative estimate of drug-likeness (QED) is 0.656. The van der Waals surface area contributed by atoms with Crippen molar-refractivity contribution in [1.82, 2.24) is 0 Å². The molecular weight excluding hydrogens is 356 g/mol. The van der Waals surface area contributed by atoms with E-state index in [0.29, 0.717) is 10.8 Å². The maximum absolute atomic E-state index is 11.1. The van der Waals surface area contributed by atoms with Crippen molar-refractivity contribution in [2.45, 2.75) is 51.4 Å². The summed E-state index contributed by atoms with van der Waals surface area (Å²) in [5, 5.41) is 9.14. The summed E-state index contributed by atoms with van der Waals surface area (Å²) >= 11 is 0. The Labute approximate surface area is 173 Å². The third-order valence-electron chi connectivity index (χ3n) is 8.33. The smallest absolute Gasteiger partial charge is 0.335 e. The Balaban J connectivity index is 1.43. The van der Waals surface area contributed by atoms with Crippen LogP contribution >= 0.6 is 0 Å². The Hall–Kier alpha value is -2.53. The molecular formula is C27H28O2. The van der Waals surface area contributed by atoms with Gasteiger partial charge >= 0.3 is 5.97 Å². The number of carboxylic acids is 1. The van der Waals surface area contributed by atoms with Crippen LogP contribution in [-0.2, 0) is 5.41 Å². The molecule has 0 aromatic heterocycles. The van der Waals surface area contributed by atoms with Crippen LogP contribution in [0.2, 0.25) is 0 Å². The largest absolute Gasteiger partial charge is 0.478 e. The maximum Gasteiger partial charge on any atom is 0.335 e. The zero-order chi connectivity index (χ0) is 20.2. The molecule has 4 saturated carbocycles. The first kappa shape index (κ1) is 18.5. The fraction of sp³-hybridized carbons (Fsp3) is 0.444. The Bertz CT molecular complexity index is 1000. The Kier molecular flexibility index (Phi) is 4.14. The average molecular weight is 385 g/mol. The SMILES string of the molecule is CC1(C)C2CC3CC(C2)CC1(c1ccc(C#Cc2cccc(C(=O)O)c2)cc1)C3. The van der Waals surface area contributed by atoms with E-state index in [2.05, 4.69) is 50.0 Å². The molecule has 2 aromatic rings. The minimum absolute atomic E-state index is 0.274. The van der Waals surface area contributed by atoms with Crippen molar-refractivity contribution in [1.29, 1.82) is 0 Å². The number of carboxylic acid groups (broad SMARTS) is 1. The zero-order valence-electron chi connectivity index (χ0n) is 17.2. The van der Waals surface area contributed by atoms with Crippen LogP contribution in [0.3, 0.4) is 0 Å². The van der Waals surface area contributed by atoms with Crippen LogP contribution in [0.1, 0.15) is 73.0 Å². The van der Waals surface area contributed by atoms with Gasteiger partial charge in [0, 0.05) is 16.5 Å². The molecule has 4 aliphatic carbocycles. The molecule has 29 heavy (non-hydrogen) atoms. The first-order chi connectivity index (χ1) is 13.9. The van der Waals surface area contributed by atoms with Gasteiger partial charge in [0.2, 0.25) is 0 Å². The third-order valence-corrected chi connectivity index (χ3v) is 8.33. The van der Waals surface area contributed by atoms with Gasteiger partial charge in [0.05, 0.1) is 5.56 Å². The number of hydrogen-bond donors (Lipinski definition) is 1. The summed E-state index contributed by atoms with van der Waals surface area (Å²) < 4.78 is 0. The Morgan fingerprint density at radius 3 is 2.24 bits per heavy atom. The van der Waals surface area contributed by atoms with E-state index in [9.17, 15) is 4.79 Å². The lowest BCUT2D eigenvalue weighted by atomic mass is 9.38. The van der Waals surface area contributed by atoms with E-state index < -0.39 is 5.97 Å². The van der Waals surface area contributed by atoms with Crippen molar-refractivity contribution in [2.75, 3.05) is 0 Å². The van der Waals surface area contributed by atoms with Crippen LogP contribution in [0.5, 0.6) is 0 Å². The second-order valence-electron chi connectivity index (χ2n) is 10.1. The van der Waals surface area contributed by atoms with Gasteiger partial charge in [0.1, 0.15) is 0 Å². The molecule has 4 fully saturated rings. The highest BCUT2D eigenvalue weighted by Crippen LogP contribution is 2.68. The van der Waals surface area contributed by atoms with Gasteiger partial charge in [-0.2, -0.15) is 0 Å².